The van der Waals surface area contributed by atoms with Gasteiger partial charge in [0.2, 0.25) is 0 Å². The molecule has 104 valence electrons. The van der Waals surface area contributed by atoms with Crippen LogP contribution in [-0.2, 0) is 16.1 Å². The van der Waals surface area contributed by atoms with E-state index in [1.54, 1.807) is 25.1 Å². The highest BCUT2D eigenvalue weighted by atomic mass is 16.6. The lowest BCUT2D eigenvalue weighted by Crippen LogP contribution is -2.12. The highest BCUT2D eigenvalue weighted by Crippen LogP contribution is 2.13. The largest absolute Gasteiger partial charge is 0.465 e. The van der Waals surface area contributed by atoms with Gasteiger partial charge < -0.3 is 14.0 Å². The Morgan fingerprint density at radius 1 is 1.20 bits per heavy atom. The monoisotopic (exact) mass is 275 g/mol. The number of methoxy groups -OCH3 is 1. The molecule has 0 aliphatic heterocycles. The van der Waals surface area contributed by atoms with Crippen molar-refractivity contribution in [3.8, 4) is 0 Å². The zero-order chi connectivity index (χ0) is 14.5. The SMILES string of the molecule is COC(=O)c1ccccc1C(=O)OCc1cc(C)no1. The van der Waals surface area contributed by atoms with Crippen molar-refractivity contribution in [3.05, 3.63) is 52.9 Å². The average Bonchev–Trinajstić information content (AvgIpc) is 2.89. The molecular weight excluding hydrogens is 262 g/mol. The van der Waals surface area contributed by atoms with Crippen LogP contribution < -0.4 is 0 Å². The van der Waals surface area contributed by atoms with Crippen molar-refractivity contribution >= 4 is 11.9 Å². The van der Waals surface area contributed by atoms with E-state index >= 15 is 0 Å². The van der Waals surface area contributed by atoms with Crippen molar-refractivity contribution < 1.29 is 23.6 Å². The summed E-state index contributed by atoms with van der Waals surface area (Å²) in [5, 5.41) is 3.69. The number of hydrogen-bond donors (Lipinski definition) is 0. The maximum atomic E-state index is 12.0. The molecular formula is C14H13NO5. The van der Waals surface area contributed by atoms with Crippen LogP contribution in [0.5, 0.6) is 0 Å². The number of hydrogen-bond acceptors (Lipinski definition) is 6. The molecule has 0 saturated heterocycles. The zero-order valence-electron chi connectivity index (χ0n) is 11.1. The number of carbonyl (C=O) groups is 2. The van der Waals surface area contributed by atoms with Gasteiger partial charge in [-0.2, -0.15) is 0 Å². The van der Waals surface area contributed by atoms with Crippen LogP contribution in [0.25, 0.3) is 0 Å². The first-order valence-electron chi connectivity index (χ1n) is 5.88. The number of nitrogens with zero attached hydrogens (tertiary/aromatic N) is 1. The minimum atomic E-state index is -0.625. The fraction of sp³-hybridized carbons (Fsp3) is 0.214. The average molecular weight is 275 g/mol. The topological polar surface area (TPSA) is 78.6 Å². The lowest BCUT2D eigenvalue weighted by Gasteiger charge is -2.06. The number of esters is 2. The first-order valence-corrected chi connectivity index (χ1v) is 5.88. The van der Waals surface area contributed by atoms with E-state index in [1.165, 1.54) is 19.2 Å². The molecule has 20 heavy (non-hydrogen) atoms. The molecule has 0 N–H and O–H groups in total. The third kappa shape index (κ3) is 3.03. The third-order valence-electron chi connectivity index (χ3n) is 2.57. The summed E-state index contributed by atoms with van der Waals surface area (Å²) in [6.07, 6.45) is 0. The van der Waals surface area contributed by atoms with Gasteiger partial charge in [-0.15, -0.1) is 0 Å². The minimum Gasteiger partial charge on any atom is -0.465 e. The smallest absolute Gasteiger partial charge is 0.339 e. The van der Waals surface area contributed by atoms with Gasteiger partial charge in [-0.05, 0) is 19.1 Å². The molecule has 0 bridgehead atoms. The summed E-state index contributed by atoms with van der Waals surface area (Å²) < 4.78 is 14.6. The van der Waals surface area contributed by atoms with E-state index in [4.69, 9.17) is 9.26 Å². The Morgan fingerprint density at radius 3 is 2.40 bits per heavy atom. The van der Waals surface area contributed by atoms with Crippen molar-refractivity contribution in [2.45, 2.75) is 13.5 Å². The Labute approximate surface area is 115 Å². The molecule has 2 rings (SSSR count). The van der Waals surface area contributed by atoms with Gasteiger partial charge in [-0.1, -0.05) is 17.3 Å². The van der Waals surface area contributed by atoms with Crippen LogP contribution in [0.3, 0.4) is 0 Å². The summed E-state index contributed by atoms with van der Waals surface area (Å²) in [5.41, 5.74) is 1.01. The lowest BCUT2D eigenvalue weighted by atomic mass is 10.1. The Hall–Kier alpha value is -2.63. The summed E-state index contributed by atoms with van der Waals surface area (Å²) in [4.78, 5) is 23.5. The summed E-state index contributed by atoms with van der Waals surface area (Å²) in [5.74, 6) is -0.778. The lowest BCUT2D eigenvalue weighted by molar-refractivity contribution is 0.0425. The second-order valence-corrected chi connectivity index (χ2v) is 4.05. The number of benzene rings is 1. The maximum Gasteiger partial charge on any atom is 0.339 e. The van der Waals surface area contributed by atoms with Crippen LogP contribution >= 0.6 is 0 Å². The first-order chi connectivity index (χ1) is 9.61. The normalized spacial score (nSPS) is 10.1. The Balaban J connectivity index is 2.11. The minimum absolute atomic E-state index is 0.0464. The van der Waals surface area contributed by atoms with E-state index in [2.05, 4.69) is 9.89 Å². The van der Waals surface area contributed by atoms with Crippen LogP contribution in [0, 0.1) is 6.92 Å². The van der Waals surface area contributed by atoms with E-state index in [-0.39, 0.29) is 17.7 Å². The highest BCUT2D eigenvalue weighted by Gasteiger charge is 2.18. The van der Waals surface area contributed by atoms with E-state index in [0.29, 0.717) is 11.5 Å². The summed E-state index contributed by atoms with van der Waals surface area (Å²) in [6.45, 7) is 1.72. The standard InChI is InChI=1S/C14H13NO5/c1-9-7-10(20-15-9)8-19-14(17)12-6-4-3-5-11(12)13(16)18-2/h3-7H,8H2,1-2H3. The van der Waals surface area contributed by atoms with Gasteiger partial charge in [0.05, 0.1) is 23.9 Å². The molecule has 0 aliphatic rings. The molecule has 0 amide bonds. The van der Waals surface area contributed by atoms with Crippen molar-refractivity contribution in [1.82, 2.24) is 5.16 Å². The molecule has 0 spiro atoms. The molecule has 6 heteroatoms. The fourth-order valence-electron chi connectivity index (χ4n) is 1.65. The second kappa shape index (κ2) is 6.01. The Morgan fingerprint density at radius 2 is 1.85 bits per heavy atom. The van der Waals surface area contributed by atoms with Crippen molar-refractivity contribution in [3.63, 3.8) is 0 Å². The predicted octanol–water partition coefficient (Wildman–Crippen LogP) is 2.13. The van der Waals surface area contributed by atoms with Gasteiger partial charge >= 0.3 is 11.9 Å². The summed E-state index contributed by atoms with van der Waals surface area (Å²) in [6, 6.07) is 7.95. The molecule has 0 aliphatic carbocycles. The molecule has 6 nitrogen and oxygen atoms in total. The van der Waals surface area contributed by atoms with Gasteiger partial charge in [-0.25, -0.2) is 9.59 Å². The molecule has 0 saturated carbocycles. The molecule has 0 unspecified atom stereocenters. The van der Waals surface area contributed by atoms with Gasteiger partial charge in [0, 0.05) is 6.07 Å². The second-order valence-electron chi connectivity index (χ2n) is 4.05. The van der Waals surface area contributed by atoms with E-state index in [9.17, 15) is 9.59 Å². The molecule has 1 aromatic heterocycles. The molecule has 0 fully saturated rings. The van der Waals surface area contributed by atoms with Crippen LogP contribution in [0.1, 0.15) is 32.2 Å². The molecule has 0 radical (unpaired) electrons. The van der Waals surface area contributed by atoms with E-state index < -0.39 is 11.9 Å². The quantitative estimate of drug-likeness (QED) is 0.795. The molecule has 0 atom stereocenters. The van der Waals surface area contributed by atoms with Crippen LogP contribution in [0.4, 0.5) is 0 Å². The summed E-state index contributed by atoms with van der Waals surface area (Å²) >= 11 is 0. The van der Waals surface area contributed by atoms with Crippen LogP contribution in [-0.4, -0.2) is 24.2 Å². The number of ether oxygens (including phenoxy) is 2. The predicted molar refractivity (Wildman–Crippen MR) is 68.1 cm³/mol. The van der Waals surface area contributed by atoms with Gasteiger partial charge in [-0.3, -0.25) is 0 Å². The maximum absolute atomic E-state index is 12.0. The molecule has 1 aromatic carbocycles. The highest BCUT2D eigenvalue weighted by molar-refractivity contribution is 6.03. The Bertz CT molecular complexity index is 632. The van der Waals surface area contributed by atoms with Crippen molar-refractivity contribution in [2.24, 2.45) is 0 Å². The zero-order valence-corrected chi connectivity index (χ0v) is 11.1. The van der Waals surface area contributed by atoms with E-state index in [0.717, 1.165) is 0 Å². The van der Waals surface area contributed by atoms with Crippen molar-refractivity contribution in [2.75, 3.05) is 7.11 Å². The fourth-order valence-corrected chi connectivity index (χ4v) is 1.65. The summed E-state index contributed by atoms with van der Waals surface area (Å²) in [7, 11) is 1.25. The number of aryl methyl sites for hydroxylation is 1. The Kier molecular flexibility index (Phi) is 4.14. The van der Waals surface area contributed by atoms with E-state index in [1.807, 2.05) is 0 Å². The van der Waals surface area contributed by atoms with Gasteiger partial charge in [0.25, 0.3) is 0 Å². The third-order valence-corrected chi connectivity index (χ3v) is 2.57. The molecule has 1 heterocycles. The van der Waals surface area contributed by atoms with Crippen LogP contribution in [0.2, 0.25) is 0 Å². The number of rotatable bonds is 4. The number of aromatic nitrogens is 1. The number of carbonyl (C=O) groups excluding carboxylic acids is 2. The first kappa shape index (κ1) is 13.8. The van der Waals surface area contributed by atoms with Gasteiger partial charge in [0.15, 0.2) is 12.4 Å². The molecule has 2 aromatic rings. The van der Waals surface area contributed by atoms with Crippen molar-refractivity contribution in [1.29, 1.82) is 0 Å². The van der Waals surface area contributed by atoms with Gasteiger partial charge in [0.1, 0.15) is 0 Å². The van der Waals surface area contributed by atoms with Crippen LogP contribution in [0.15, 0.2) is 34.9 Å².